The van der Waals surface area contributed by atoms with E-state index in [0.29, 0.717) is 10.8 Å². The molecule has 0 aliphatic rings. The van der Waals surface area contributed by atoms with Gasteiger partial charge in [-0.25, -0.2) is 0 Å². The van der Waals surface area contributed by atoms with Gasteiger partial charge in [-0.2, -0.15) is 4.68 Å². The molecule has 3 aromatic rings. The van der Waals surface area contributed by atoms with Crippen molar-refractivity contribution in [2.75, 3.05) is 12.4 Å². The van der Waals surface area contributed by atoms with Crippen LogP contribution in [0.25, 0.3) is 5.69 Å². The van der Waals surface area contributed by atoms with E-state index in [4.69, 9.17) is 4.74 Å². The van der Waals surface area contributed by atoms with Gasteiger partial charge in [0, 0.05) is 5.69 Å². The molecule has 0 saturated heterocycles. The maximum Gasteiger partial charge on any atom is 0.237 e. The lowest BCUT2D eigenvalue weighted by atomic mass is 10.1. The molecule has 8 heteroatoms. The standard InChI is InChI=1S/C19H21N5O2S/c1-12-5-10-17(13(2)11-12)24-19(21-22-23-24)27-14(3)18(25)20-15-6-8-16(26-4)9-7-15/h5-11,14H,1-4H3,(H,20,25). The van der Waals surface area contributed by atoms with Crippen LogP contribution in [-0.4, -0.2) is 38.5 Å². The second-order valence-electron chi connectivity index (χ2n) is 6.14. The van der Waals surface area contributed by atoms with Crippen molar-refractivity contribution >= 4 is 23.4 Å². The number of nitrogens with one attached hydrogen (secondary N) is 1. The van der Waals surface area contributed by atoms with Gasteiger partial charge in [-0.1, -0.05) is 29.5 Å². The van der Waals surface area contributed by atoms with Gasteiger partial charge in [0.15, 0.2) is 0 Å². The largest absolute Gasteiger partial charge is 0.497 e. The highest BCUT2D eigenvalue weighted by molar-refractivity contribution is 8.00. The summed E-state index contributed by atoms with van der Waals surface area (Å²) in [5.41, 5.74) is 3.85. The summed E-state index contributed by atoms with van der Waals surface area (Å²) >= 11 is 1.31. The summed E-state index contributed by atoms with van der Waals surface area (Å²) in [6, 6.07) is 13.3. The Kier molecular flexibility index (Phi) is 5.75. The first-order chi connectivity index (χ1) is 13.0. The highest BCUT2D eigenvalue weighted by Gasteiger charge is 2.20. The van der Waals surface area contributed by atoms with Gasteiger partial charge in [-0.05, 0) is 67.1 Å². The number of rotatable bonds is 6. The number of hydrogen-bond donors (Lipinski definition) is 1. The van der Waals surface area contributed by atoms with Crippen LogP contribution in [0.5, 0.6) is 5.75 Å². The third-order valence-electron chi connectivity index (χ3n) is 4.03. The van der Waals surface area contributed by atoms with Gasteiger partial charge in [0.05, 0.1) is 18.0 Å². The molecule has 0 bridgehead atoms. The Bertz CT molecular complexity index is 940. The SMILES string of the molecule is COc1ccc(NC(=O)C(C)Sc2nnnn2-c2ccc(C)cc2C)cc1. The van der Waals surface area contributed by atoms with Crippen molar-refractivity contribution in [3.8, 4) is 11.4 Å². The number of hydrogen-bond acceptors (Lipinski definition) is 6. The van der Waals surface area contributed by atoms with E-state index in [0.717, 1.165) is 17.0 Å². The molecule has 1 amide bonds. The van der Waals surface area contributed by atoms with Gasteiger partial charge < -0.3 is 10.1 Å². The minimum Gasteiger partial charge on any atom is -0.497 e. The Balaban J connectivity index is 1.71. The van der Waals surface area contributed by atoms with Gasteiger partial charge >= 0.3 is 0 Å². The summed E-state index contributed by atoms with van der Waals surface area (Å²) in [6.07, 6.45) is 0. The van der Waals surface area contributed by atoms with E-state index in [-0.39, 0.29) is 11.2 Å². The van der Waals surface area contributed by atoms with E-state index in [1.807, 2.05) is 32.9 Å². The number of methoxy groups -OCH3 is 1. The first kappa shape index (κ1) is 18.9. The third kappa shape index (κ3) is 4.46. The van der Waals surface area contributed by atoms with Crippen molar-refractivity contribution in [1.29, 1.82) is 0 Å². The monoisotopic (exact) mass is 383 g/mol. The van der Waals surface area contributed by atoms with Crippen LogP contribution in [0.1, 0.15) is 18.1 Å². The van der Waals surface area contributed by atoms with Gasteiger partial charge in [0.1, 0.15) is 5.75 Å². The number of amides is 1. The molecule has 3 rings (SSSR count). The average Bonchev–Trinajstić information content (AvgIpc) is 3.10. The lowest BCUT2D eigenvalue weighted by Gasteiger charge is -2.13. The maximum absolute atomic E-state index is 12.5. The second-order valence-corrected chi connectivity index (χ2v) is 7.45. The predicted octanol–water partition coefficient (Wildman–Crippen LogP) is 3.41. The van der Waals surface area contributed by atoms with Crippen molar-refractivity contribution < 1.29 is 9.53 Å². The van der Waals surface area contributed by atoms with Crippen molar-refractivity contribution in [3.05, 3.63) is 53.6 Å². The van der Waals surface area contributed by atoms with Crippen molar-refractivity contribution in [3.63, 3.8) is 0 Å². The number of benzene rings is 2. The summed E-state index contributed by atoms with van der Waals surface area (Å²) in [5.74, 6) is 0.614. The van der Waals surface area contributed by atoms with Crippen molar-refractivity contribution in [1.82, 2.24) is 20.2 Å². The normalized spacial score (nSPS) is 11.9. The Hall–Kier alpha value is -2.87. The zero-order valence-electron chi connectivity index (χ0n) is 15.6. The lowest BCUT2D eigenvalue weighted by molar-refractivity contribution is -0.115. The molecule has 140 valence electrons. The zero-order valence-corrected chi connectivity index (χ0v) is 16.4. The molecular weight excluding hydrogens is 362 g/mol. The lowest BCUT2D eigenvalue weighted by Crippen LogP contribution is -2.23. The van der Waals surface area contributed by atoms with E-state index in [2.05, 4.69) is 26.9 Å². The highest BCUT2D eigenvalue weighted by atomic mass is 32.2. The molecule has 2 aromatic carbocycles. The molecule has 27 heavy (non-hydrogen) atoms. The molecule has 0 fully saturated rings. The van der Waals surface area contributed by atoms with Gasteiger partial charge in [-0.15, -0.1) is 5.10 Å². The fourth-order valence-electron chi connectivity index (χ4n) is 2.58. The summed E-state index contributed by atoms with van der Waals surface area (Å²) in [7, 11) is 1.60. The number of carbonyl (C=O) groups is 1. The Morgan fingerprint density at radius 1 is 1.19 bits per heavy atom. The number of aromatic nitrogens is 4. The molecule has 1 N–H and O–H groups in total. The van der Waals surface area contributed by atoms with Crippen LogP contribution < -0.4 is 10.1 Å². The van der Waals surface area contributed by atoms with Crippen molar-refractivity contribution in [2.45, 2.75) is 31.2 Å². The number of ether oxygens (including phenoxy) is 1. The van der Waals surface area contributed by atoms with Gasteiger partial charge in [-0.3, -0.25) is 4.79 Å². The minimum atomic E-state index is -0.373. The fraction of sp³-hybridized carbons (Fsp3) is 0.263. The highest BCUT2D eigenvalue weighted by Crippen LogP contribution is 2.25. The van der Waals surface area contributed by atoms with Gasteiger partial charge in [0.25, 0.3) is 0 Å². The van der Waals surface area contributed by atoms with E-state index < -0.39 is 0 Å². The van der Waals surface area contributed by atoms with E-state index in [1.165, 1.54) is 17.3 Å². The van der Waals surface area contributed by atoms with Crippen LogP contribution in [0.2, 0.25) is 0 Å². The molecule has 1 aromatic heterocycles. The summed E-state index contributed by atoms with van der Waals surface area (Å²) in [5, 5.41) is 15.0. The first-order valence-electron chi connectivity index (χ1n) is 8.45. The van der Waals surface area contributed by atoms with Crippen LogP contribution in [0.3, 0.4) is 0 Å². The summed E-state index contributed by atoms with van der Waals surface area (Å²) in [4.78, 5) is 12.5. The molecule has 0 saturated carbocycles. The molecule has 1 heterocycles. The van der Waals surface area contributed by atoms with Crippen molar-refractivity contribution in [2.24, 2.45) is 0 Å². The number of aryl methyl sites for hydroxylation is 2. The first-order valence-corrected chi connectivity index (χ1v) is 9.33. The third-order valence-corrected chi connectivity index (χ3v) is 5.06. The predicted molar refractivity (Wildman–Crippen MR) is 106 cm³/mol. The topological polar surface area (TPSA) is 81.9 Å². The van der Waals surface area contributed by atoms with Crippen LogP contribution in [0.15, 0.2) is 47.6 Å². The molecule has 0 aliphatic heterocycles. The summed E-state index contributed by atoms with van der Waals surface area (Å²) in [6.45, 7) is 5.88. The molecule has 7 nitrogen and oxygen atoms in total. The Morgan fingerprint density at radius 2 is 1.93 bits per heavy atom. The van der Waals surface area contributed by atoms with E-state index in [9.17, 15) is 4.79 Å². The quantitative estimate of drug-likeness (QED) is 0.657. The minimum absolute atomic E-state index is 0.125. The molecule has 1 unspecified atom stereocenters. The van der Waals surface area contributed by atoms with E-state index in [1.54, 1.807) is 36.1 Å². The van der Waals surface area contributed by atoms with Crippen LogP contribution >= 0.6 is 11.8 Å². The molecule has 0 radical (unpaired) electrons. The van der Waals surface area contributed by atoms with Crippen LogP contribution in [0, 0.1) is 13.8 Å². The van der Waals surface area contributed by atoms with Crippen LogP contribution in [0.4, 0.5) is 5.69 Å². The van der Waals surface area contributed by atoms with Crippen LogP contribution in [-0.2, 0) is 4.79 Å². The number of anilines is 1. The maximum atomic E-state index is 12.5. The number of tetrazole rings is 1. The Morgan fingerprint density at radius 3 is 2.59 bits per heavy atom. The Labute approximate surface area is 162 Å². The van der Waals surface area contributed by atoms with E-state index >= 15 is 0 Å². The number of carbonyl (C=O) groups excluding carboxylic acids is 1. The fourth-order valence-corrected chi connectivity index (χ4v) is 3.38. The zero-order chi connectivity index (χ0) is 19.4. The molecule has 0 spiro atoms. The second kappa shape index (κ2) is 8.22. The molecule has 0 aliphatic carbocycles. The number of nitrogens with zero attached hydrogens (tertiary/aromatic N) is 4. The molecule has 1 atom stereocenters. The van der Waals surface area contributed by atoms with Gasteiger partial charge in [0.2, 0.25) is 11.1 Å². The number of thioether (sulfide) groups is 1. The smallest absolute Gasteiger partial charge is 0.237 e. The summed E-state index contributed by atoms with van der Waals surface area (Å²) < 4.78 is 6.79. The molecular formula is C19H21N5O2S. The average molecular weight is 383 g/mol.